The molecule has 17 heavy (non-hydrogen) atoms. The third kappa shape index (κ3) is 1.62. The van der Waals surface area contributed by atoms with Crippen molar-refractivity contribution < 1.29 is 10.2 Å². The van der Waals surface area contributed by atoms with E-state index >= 15 is 0 Å². The van der Waals surface area contributed by atoms with Gasteiger partial charge in [-0.2, -0.15) is 0 Å². The average Bonchev–Trinajstić information content (AvgIpc) is 2.71. The van der Waals surface area contributed by atoms with E-state index in [-0.39, 0.29) is 11.5 Å². The van der Waals surface area contributed by atoms with E-state index in [0.29, 0.717) is 10.6 Å². The molecule has 3 aromatic rings. The molecule has 3 rings (SSSR count). The zero-order valence-electron chi connectivity index (χ0n) is 8.79. The van der Waals surface area contributed by atoms with Gasteiger partial charge in [-0.3, -0.25) is 0 Å². The minimum Gasteiger partial charge on any atom is -0.507 e. The van der Waals surface area contributed by atoms with Gasteiger partial charge < -0.3 is 10.2 Å². The van der Waals surface area contributed by atoms with Gasteiger partial charge in [-0.25, -0.2) is 4.98 Å². The Balaban J connectivity index is 2.27. The average molecular weight is 243 g/mol. The second-order valence-electron chi connectivity index (χ2n) is 3.66. The van der Waals surface area contributed by atoms with Crippen LogP contribution in [0.5, 0.6) is 11.5 Å². The quantitative estimate of drug-likeness (QED) is 0.689. The Hall–Kier alpha value is -2.07. The third-order valence-electron chi connectivity index (χ3n) is 2.53. The molecule has 0 aliphatic heterocycles. The fourth-order valence-corrected chi connectivity index (χ4v) is 2.75. The number of hydrogen-bond donors (Lipinski definition) is 2. The highest BCUT2D eigenvalue weighted by Crippen LogP contribution is 2.40. The lowest BCUT2D eigenvalue weighted by molar-refractivity contribution is 0.454. The number of aromatic nitrogens is 1. The van der Waals surface area contributed by atoms with Gasteiger partial charge in [0.05, 0.1) is 15.8 Å². The normalized spacial score (nSPS) is 10.8. The molecule has 0 fully saturated rings. The molecule has 0 amide bonds. The van der Waals surface area contributed by atoms with Crippen LogP contribution in [0.3, 0.4) is 0 Å². The molecule has 0 aliphatic rings. The van der Waals surface area contributed by atoms with Crippen LogP contribution < -0.4 is 0 Å². The van der Waals surface area contributed by atoms with E-state index in [1.807, 2.05) is 24.3 Å². The van der Waals surface area contributed by atoms with Crippen LogP contribution in [0.1, 0.15) is 0 Å². The van der Waals surface area contributed by atoms with Crippen LogP contribution in [-0.2, 0) is 0 Å². The Kier molecular flexibility index (Phi) is 2.23. The highest BCUT2D eigenvalue weighted by Gasteiger charge is 2.13. The lowest BCUT2D eigenvalue weighted by Crippen LogP contribution is -1.78. The highest BCUT2D eigenvalue weighted by atomic mass is 32.1. The zero-order valence-corrected chi connectivity index (χ0v) is 9.61. The maximum atomic E-state index is 9.78. The third-order valence-corrected chi connectivity index (χ3v) is 3.58. The predicted molar refractivity (Wildman–Crippen MR) is 68.4 cm³/mol. The van der Waals surface area contributed by atoms with E-state index in [2.05, 4.69) is 4.98 Å². The SMILES string of the molecule is Oc1cccc(O)c1-c1nc2ccccc2s1. The molecule has 2 N–H and O–H groups in total. The summed E-state index contributed by atoms with van der Waals surface area (Å²) in [5, 5.41) is 20.2. The van der Waals surface area contributed by atoms with Gasteiger partial charge in [0, 0.05) is 0 Å². The number of nitrogens with zero attached hydrogens (tertiary/aromatic N) is 1. The van der Waals surface area contributed by atoms with Gasteiger partial charge >= 0.3 is 0 Å². The van der Waals surface area contributed by atoms with Gasteiger partial charge in [-0.15, -0.1) is 11.3 Å². The number of hydrogen-bond acceptors (Lipinski definition) is 4. The zero-order chi connectivity index (χ0) is 11.8. The molecule has 1 heterocycles. The van der Waals surface area contributed by atoms with E-state index in [1.165, 1.54) is 11.3 Å². The van der Waals surface area contributed by atoms with Crippen LogP contribution in [0, 0.1) is 0 Å². The largest absolute Gasteiger partial charge is 0.507 e. The van der Waals surface area contributed by atoms with Crippen molar-refractivity contribution in [2.45, 2.75) is 0 Å². The second kappa shape index (κ2) is 3.75. The van der Waals surface area contributed by atoms with Gasteiger partial charge in [0.25, 0.3) is 0 Å². The number of phenols is 2. The Morgan fingerprint density at radius 1 is 0.882 bits per heavy atom. The number of benzene rings is 2. The monoisotopic (exact) mass is 243 g/mol. The molecule has 0 unspecified atom stereocenters. The summed E-state index contributed by atoms with van der Waals surface area (Å²) >= 11 is 1.45. The molecule has 0 bridgehead atoms. The van der Waals surface area contributed by atoms with E-state index in [9.17, 15) is 10.2 Å². The first-order valence-electron chi connectivity index (χ1n) is 5.12. The van der Waals surface area contributed by atoms with Gasteiger partial charge in [-0.1, -0.05) is 18.2 Å². The molecule has 0 spiro atoms. The first kappa shape index (κ1) is 10.1. The highest BCUT2D eigenvalue weighted by molar-refractivity contribution is 7.21. The summed E-state index contributed by atoms with van der Waals surface area (Å²) in [7, 11) is 0. The summed E-state index contributed by atoms with van der Waals surface area (Å²) in [6, 6.07) is 12.4. The fourth-order valence-electron chi connectivity index (χ4n) is 1.73. The molecule has 84 valence electrons. The van der Waals surface area contributed by atoms with Crippen molar-refractivity contribution in [2.75, 3.05) is 0 Å². The van der Waals surface area contributed by atoms with Crippen molar-refractivity contribution in [2.24, 2.45) is 0 Å². The maximum Gasteiger partial charge on any atom is 0.132 e. The molecule has 0 saturated heterocycles. The van der Waals surface area contributed by atoms with Crippen molar-refractivity contribution in [3.05, 3.63) is 42.5 Å². The summed E-state index contributed by atoms with van der Waals surface area (Å²) in [4.78, 5) is 4.40. The Morgan fingerprint density at radius 2 is 1.59 bits per heavy atom. The minimum atomic E-state index is 0.0454. The minimum absolute atomic E-state index is 0.0454. The van der Waals surface area contributed by atoms with Crippen molar-refractivity contribution in [3.63, 3.8) is 0 Å². The Labute approximate surface area is 102 Å². The van der Waals surface area contributed by atoms with Crippen molar-refractivity contribution in [3.8, 4) is 22.1 Å². The summed E-state index contributed by atoms with van der Waals surface area (Å²) in [6.07, 6.45) is 0. The lowest BCUT2D eigenvalue weighted by Gasteiger charge is -2.02. The molecule has 0 saturated carbocycles. The van der Waals surface area contributed by atoms with Crippen LogP contribution in [0.4, 0.5) is 0 Å². The number of aromatic hydroxyl groups is 2. The number of fused-ring (bicyclic) bond motifs is 1. The van der Waals surface area contributed by atoms with Crippen LogP contribution in [-0.4, -0.2) is 15.2 Å². The van der Waals surface area contributed by atoms with Crippen molar-refractivity contribution in [1.29, 1.82) is 0 Å². The van der Waals surface area contributed by atoms with Gasteiger partial charge in [0.1, 0.15) is 16.5 Å². The second-order valence-corrected chi connectivity index (χ2v) is 4.69. The first-order chi connectivity index (χ1) is 8.25. The maximum absolute atomic E-state index is 9.78. The van der Waals surface area contributed by atoms with E-state index in [1.54, 1.807) is 18.2 Å². The molecule has 0 radical (unpaired) electrons. The van der Waals surface area contributed by atoms with Crippen LogP contribution in [0.2, 0.25) is 0 Å². The molecule has 3 nitrogen and oxygen atoms in total. The Bertz CT molecular complexity index is 637. The van der Waals surface area contributed by atoms with E-state index in [4.69, 9.17) is 0 Å². The van der Waals surface area contributed by atoms with Crippen molar-refractivity contribution >= 4 is 21.6 Å². The number of thiazole rings is 1. The van der Waals surface area contributed by atoms with E-state index < -0.39 is 0 Å². The van der Waals surface area contributed by atoms with Gasteiger partial charge in [0.15, 0.2) is 0 Å². The molecular formula is C13H9NO2S. The molecule has 1 aromatic heterocycles. The van der Waals surface area contributed by atoms with Gasteiger partial charge in [0.2, 0.25) is 0 Å². The summed E-state index contributed by atoms with van der Waals surface area (Å²) in [5.74, 6) is 0.0908. The molecule has 2 aromatic carbocycles. The first-order valence-corrected chi connectivity index (χ1v) is 5.94. The summed E-state index contributed by atoms with van der Waals surface area (Å²) < 4.78 is 1.03. The topological polar surface area (TPSA) is 53.4 Å². The van der Waals surface area contributed by atoms with Gasteiger partial charge in [-0.05, 0) is 24.3 Å². The van der Waals surface area contributed by atoms with Crippen LogP contribution >= 0.6 is 11.3 Å². The predicted octanol–water partition coefficient (Wildman–Crippen LogP) is 3.37. The van der Waals surface area contributed by atoms with Crippen LogP contribution in [0.15, 0.2) is 42.5 Å². The lowest BCUT2D eigenvalue weighted by atomic mass is 10.2. The standard InChI is InChI=1S/C13H9NO2S/c15-9-5-3-6-10(16)12(9)13-14-8-4-1-2-7-11(8)17-13/h1-7,15-16H. The molecular weight excluding hydrogens is 234 g/mol. The molecule has 4 heteroatoms. The number of rotatable bonds is 1. The number of phenolic OH excluding ortho intramolecular Hbond substituents is 2. The smallest absolute Gasteiger partial charge is 0.132 e. The van der Waals surface area contributed by atoms with Crippen LogP contribution in [0.25, 0.3) is 20.8 Å². The molecule has 0 aliphatic carbocycles. The molecule has 0 atom stereocenters. The number of para-hydroxylation sites is 1. The van der Waals surface area contributed by atoms with Crippen molar-refractivity contribution in [1.82, 2.24) is 4.98 Å². The Morgan fingerprint density at radius 3 is 2.29 bits per heavy atom. The summed E-state index contributed by atoms with van der Waals surface area (Å²) in [5.41, 5.74) is 1.27. The summed E-state index contributed by atoms with van der Waals surface area (Å²) in [6.45, 7) is 0. The fraction of sp³-hybridized carbons (Fsp3) is 0. The van der Waals surface area contributed by atoms with E-state index in [0.717, 1.165) is 10.2 Å².